The Labute approximate surface area is 125 Å². The number of hydrogen-bond donors (Lipinski definition) is 1. The van der Waals surface area contributed by atoms with Gasteiger partial charge in [-0.15, -0.1) is 0 Å². The first-order valence-electron chi connectivity index (χ1n) is 6.94. The summed E-state index contributed by atoms with van der Waals surface area (Å²) in [7, 11) is 3.30. The molecule has 0 bridgehead atoms. The number of likely N-dealkylation sites (N-methyl/N-ethyl adjacent to an activating group) is 1. The van der Waals surface area contributed by atoms with Gasteiger partial charge in [0.05, 0.1) is 6.61 Å². The maximum absolute atomic E-state index is 13.9. The summed E-state index contributed by atoms with van der Waals surface area (Å²) in [5.74, 6) is -0.521. The van der Waals surface area contributed by atoms with E-state index >= 15 is 0 Å². The predicted molar refractivity (Wildman–Crippen MR) is 78.8 cm³/mol. The Kier molecular flexibility index (Phi) is 7.71. The van der Waals surface area contributed by atoms with Crippen LogP contribution in [0.5, 0.6) is 5.75 Å². The molecule has 1 aromatic carbocycles. The Bertz CT molecular complexity index is 455. The molecule has 1 amide bonds. The molecule has 0 fully saturated rings. The molecule has 1 rings (SSSR count). The lowest BCUT2D eigenvalue weighted by Crippen LogP contribution is -2.31. The van der Waals surface area contributed by atoms with E-state index in [9.17, 15) is 9.18 Å². The zero-order chi connectivity index (χ0) is 15.7. The highest BCUT2D eigenvalue weighted by Gasteiger charge is 2.13. The van der Waals surface area contributed by atoms with Crippen molar-refractivity contribution in [2.45, 2.75) is 13.5 Å². The van der Waals surface area contributed by atoms with Crippen molar-refractivity contribution < 1.29 is 18.7 Å². The van der Waals surface area contributed by atoms with Crippen molar-refractivity contribution in [3.63, 3.8) is 0 Å². The second kappa shape index (κ2) is 9.31. The number of benzene rings is 1. The third kappa shape index (κ3) is 5.69. The fourth-order valence-electron chi connectivity index (χ4n) is 1.67. The van der Waals surface area contributed by atoms with Crippen LogP contribution in [0.4, 0.5) is 4.39 Å². The number of carbonyl (C=O) groups excluding carboxylic acids is 1. The number of carbonyl (C=O) groups is 1. The van der Waals surface area contributed by atoms with E-state index in [1.54, 1.807) is 26.3 Å². The number of halogens is 1. The molecular weight excluding hydrogens is 275 g/mol. The fourth-order valence-corrected chi connectivity index (χ4v) is 1.67. The highest BCUT2D eigenvalue weighted by atomic mass is 19.1. The van der Waals surface area contributed by atoms with Crippen molar-refractivity contribution >= 4 is 5.91 Å². The molecule has 0 radical (unpaired) electrons. The van der Waals surface area contributed by atoms with E-state index < -0.39 is 5.82 Å². The molecule has 5 nitrogen and oxygen atoms in total. The van der Waals surface area contributed by atoms with Crippen molar-refractivity contribution in [3.05, 3.63) is 29.6 Å². The molecule has 1 aromatic rings. The smallest absolute Gasteiger partial charge is 0.260 e. The van der Waals surface area contributed by atoms with Gasteiger partial charge in [-0.2, -0.15) is 0 Å². The minimum Gasteiger partial charge on any atom is -0.480 e. The van der Waals surface area contributed by atoms with E-state index in [1.807, 2.05) is 6.92 Å². The first kappa shape index (κ1) is 17.4. The van der Waals surface area contributed by atoms with E-state index in [0.717, 1.165) is 0 Å². The average Bonchev–Trinajstić information content (AvgIpc) is 2.49. The summed E-state index contributed by atoms with van der Waals surface area (Å²) in [4.78, 5) is 13.2. The third-order valence-electron chi connectivity index (χ3n) is 3.09. The molecule has 0 aliphatic rings. The molecule has 6 heteroatoms. The number of amides is 1. The highest BCUT2D eigenvalue weighted by molar-refractivity contribution is 5.77. The van der Waals surface area contributed by atoms with E-state index in [1.165, 1.54) is 11.0 Å². The van der Waals surface area contributed by atoms with Gasteiger partial charge in [0.1, 0.15) is 0 Å². The van der Waals surface area contributed by atoms with Gasteiger partial charge in [0.15, 0.2) is 18.2 Å². The van der Waals surface area contributed by atoms with Gasteiger partial charge in [-0.05, 0) is 13.0 Å². The first-order valence-corrected chi connectivity index (χ1v) is 6.94. The van der Waals surface area contributed by atoms with E-state index in [-0.39, 0.29) is 18.3 Å². The average molecular weight is 298 g/mol. The minimum atomic E-state index is -0.465. The van der Waals surface area contributed by atoms with Crippen LogP contribution in [-0.2, 0) is 16.1 Å². The minimum absolute atomic E-state index is 0.125. The highest BCUT2D eigenvalue weighted by Crippen LogP contribution is 2.22. The maximum atomic E-state index is 13.9. The van der Waals surface area contributed by atoms with Gasteiger partial charge in [0.2, 0.25) is 0 Å². The Hall–Kier alpha value is -1.66. The van der Waals surface area contributed by atoms with Crippen LogP contribution in [-0.4, -0.2) is 51.3 Å². The number of methoxy groups -OCH3 is 1. The molecular formula is C15H23FN2O3. The van der Waals surface area contributed by atoms with Crippen LogP contribution in [0.25, 0.3) is 0 Å². The van der Waals surface area contributed by atoms with Crippen molar-refractivity contribution in [1.82, 2.24) is 10.2 Å². The van der Waals surface area contributed by atoms with Gasteiger partial charge >= 0.3 is 0 Å². The van der Waals surface area contributed by atoms with E-state index in [4.69, 9.17) is 9.47 Å². The third-order valence-corrected chi connectivity index (χ3v) is 3.09. The van der Waals surface area contributed by atoms with E-state index in [2.05, 4.69) is 5.32 Å². The number of nitrogens with zero attached hydrogens (tertiary/aromatic N) is 1. The standard InChI is InChI=1S/C15H23FN2O3/c1-4-18(2)14(19)11-21-15-12(6-5-7-13(15)16)10-17-8-9-20-3/h5-7,17H,4,8-11H2,1-3H3. The van der Waals surface area contributed by atoms with Crippen LogP contribution in [0.15, 0.2) is 18.2 Å². The summed E-state index contributed by atoms with van der Waals surface area (Å²) in [6.45, 7) is 3.97. The second-order valence-electron chi connectivity index (χ2n) is 4.59. The molecule has 0 unspecified atom stereocenters. The number of ether oxygens (including phenoxy) is 2. The summed E-state index contributed by atoms with van der Waals surface area (Å²) < 4.78 is 24.2. The van der Waals surface area contributed by atoms with Crippen LogP contribution in [0.2, 0.25) is 0 Å². The number of para-hydroxylation sites is 1. The van der Waals surface area contributed by atoms with Crippen molar-refractivity contribution in [2.75, 3.05) is 40.5 Å². The normalized spacial score (nSPS) is 10.5. The summed E-state index contributed by atoms with van der Waals surface area (Å²) in [5, 5.41) is 3.12. The van der Waals surface area contributed by atoms with Crippen LogP contribution in [0.1, 0.15) is 12.5 Å². The summed E-state index contributed by atoms with van der Waals surface area (Å²) >= 11 is 0. The van der Waals surface area contributed by atoms with Crippen LogP contribution in [0, 0.1) is 5.82 Å². The Morgan fingerprint density at radius 1 is 1.43 bits per heavy atom. The topological polar surface area (TPSA) is 50.8 Å². The van der Waals surface area contributed by atoms with Crippen LogP contribution < -0.4 is 10.1 Å². The molecule has 0 heterocycles. The summed E-state index contributed by atoms with van der Waals surface area (Å²) in [5.41, 5.74) is 0.679. The first-order chi connectivity index (χ1) is 10.1. The van der Waals surface area contributed by atoms with Crippen molar-refractivity contribution in [3.8, 4) is 5.75 Å². The van der Waals surface area contributed by atoms with E-state index in [0.29, 0.717) is 31.8 Å². The molecule has 0 aliphatic heterocycles. The lowest BCUT2D eigenvalue weighted by Gasteiger charge is -2.17. The Morgan fingerprint density at radius 2 is 2.19 bits per heavy atom. The number of rotatable bonds is 9. The molecule has 1 N–H and O–H groups in total. The van der Waals surface area contributed by atoms with Gasteiger partial charge in [-0.25, -0.2) is 4.39 Å². The molecule has 0 saturated heterocycles. The molecule has 0 spiro atoms. The van der Waals surface area contributed by atoms with Gasteiger partial charge in [0.25, 0.3) is 5.91 Å². The fraction of sp³-hybridized carbons (Fsp3) is 0.533. The molecule has 0 aromatic heterocycles. The van der Waals surface area contributed by atoms with Gasteiger partial charge in [0, 0.05) is 39.4 Å². The molecule has 21 heavy (non-hydrogen) atoms. The number of hydrogen-bond acceptors (Lipinski definition) is 4. The largest absolute Gasteiger partial charge is 0.480 e. The van der Waals surface area contributed by atoms with Gasteiger partial charge < -0.3 is 19.7 Å². The lowest BCUT2D eigenvalue weighted by molar-refractivity contribution is -0.131. The summed E-state index contributed by atoms with van der Waals surface area (Å²) in [6.07, 6.45) is 0. The van der Waals surface area contributed by atoms with Gasteiger partial charge in [-0.3, -0.25) is 4.79 Å². The van der Waals surface area contributed by atoms with Crippen molar-refractivity contribution in [2.24, 2.45) is 0 Å². The monoisotopic (exact) mass is 298 g/mol. The Balaban J connectivity index is 2.64. The van der Waals surface area contributed by atoms with Crippen LogP contribution >= 0.6 is 0 Å². The van der Waals surface area contributed by atoms with Crippen molar-refractivity contribution in [1.29, 1.82) is 0 Å². The predicted octanol–water partition coefficient (Wildman–Crippen LogP) is 1.42. The van der Waals surface area contributed by atoms with Gasteiger partial charge in [-0.1, -0.05) is 12.1 Å². The maximum Gasteiger partial charge on any atom is 0.260 e. The quantitative estimate of drug-likeness (QED) is 0.701. The molecule has 0 aliphatic carbocycles. The molecule has 0 atom stereocenters. The SMILES string of the molecule is CCN(C)C(=O)COc1c(F)cccc1CNCCOC. The lowest BCUT2D eigenvalue weighted by atomic mass is 10.2. The zero-order valence-corrected chi connectivity index (χ0v) is 12.8. The second-order valence-corrected chi connectivity index (χ2v) is 4.59. The zero-order valence-electron chi connectivity index (χ0n) is 12.8. The molecule has 118 valence electrons. The summed E-state index contributed by atoms with van der Waals surface area (Å²) in [6, 6.07) is 4.71. The number of nitrogens with one attached hydrogen (secondary N) is 1. The van der Waals surface area contributed by atoms with Crippen LogP contribution in [0.3, 0.4) is 0 Å². The Morgan fingerprint density at radius 3 is 2.86 bits per heavy atom. The molecule has 0 saturated carbocycles.